The number of carbonyl (C=O) groups is 1. The molecule has 138 valence electrons. The van der Waals surface area contributed by atoms with Gasteiger partial charge in [0, 0.05) is 37.6 Å². The predicted molar refractivity (Wildman–Crippen MR) is 109 cm³/mol. The molecule has 1 aliphatic rings. The first-order valence-corrected chi connectivity index (χ1v) is 8.89. The number of rotatable bonds is 4. The molecule has 3 rings (SSSR count). The summed E-state index contributed by atoms with van der Waals surface area (Å²) in [5.74, 6) is 0.00928. The quantitative estimate of drug-likeness (QED) is 0.819. The summed E-state index contributed by atoms with van der Waals surface area (Å²) in [5.41, 5.74) is 6.98. The molecule has 0 bridgehead atoms. The second kappa shape index (κ2) is 10.4. The zero-order chi connectivity index (χ0) is 16.2. The van der Waals surface area contributed by atoms with Crippen LogP contribution in [0.25, 0.3) is 0 Å². The molecule has 0 aliphatic carbocycles. The third kappa shape index (κ3) is 5.84. The minimum atomic E-state index is -0.571. The highest BCUT2D eigenvalue weighted by Gasteiger charge is 2.26. The Balaban J connectivity index is 0.00000156. The van der Waals surface area contributed by atoms with Crippen molar-refractivity contribution in [3.05, 3.63) is 57.2 Å². The van der Waals surface area contributed by atoms with Crippen LogP contribution in [0.3, 0.4) is 0 Å². The van der Waals surface area contributed by atoms with Gasteiger partial charge in [0.2, 0.25) is 5.91 Å². The number of hydrogen-bond donors (Lipinski definition) is 1. The van der Waals surface area contributed by atoms with Gasteiger partial charge in [-0.2, -0.15) is 0 Å². The van der Waals surface area contributed by atoms with Crippen molar-refractivity contribution in [1.29, 1.82) is 0 Å². The lowest BCUT2D eigenvalue weighted by molar-refractivity contribution is -0.134. The fourth-order valence-electron chi connectivity index (χ4n) is 2.78. The van der Waals surface area contributed by atoms with Gasteiger partial charge in [-0.1, -0.05) is 41.9 Å². The molecule has 1 aliphatic heterocycles. The zero-order valence-corrected chi connectivity index (χ0v) is 16.8. The number of halogens is 3. The van der Waals surface area contributed by atoms with E-state index in [1.807, 2.05) is 41.3 Å². The number of nitrogens with zero attached hydrogens (tertiary/aromatic N) is 2. The molecule has 1 unspecified atom stereocenters. The van der Waals surface area contributed by atoms with Gasteiger partial charge in [-0.05, 0) is 17.7 Å². The number of piperazine rings is 1. The van der Waals surface area contributed by atoms with Crippen LogP contribution in [0, 0.1) is 0 Å². The van der Waals surface area contributed by atoms with Gasteiger partial charge in [-0.3, -0.25) is 9.69 Å². The van der Waals surface area contributed by atoms with Crippen molar-refractivity contribution in [2.24, 2.45) is 5.73 Å². The van der Waals surface area contributed by atoms with E-state index in [0.29, 0.717) is 0 Å². The molecule has 2 N–H and O–H groups in total. The molecule has 0 saturated carbocycles. The summed E-state index contributed by atoms with van der Waals surface area (Å²) < 4.78 is 0.822. The Morgan fingerprint density at radius 2 is 1.72 bits per heavy atom. The zero-order valence-electron chi connectivity index (χ0n) is 13.6. The summed E-state index contributed by atoms with van der Waals surface area (Å²) in [6.45, 7) is 4.06. The van der Waals surface area contributed by atoms with Crippen molar-refractivity contribution in [2.75, 3.05) is 26.2 Å². The van der Waals surface area contributed by atoms with E-state index >= 15 is 0 Å². The van der Waals surface area contributed by atoms with Crippen LogP contribution in [-0.2, 0) is 11.3 Å². The summed E-state index contributed by atoms with van der Waals surface area (Å²) in [7, 11) is 0. The highest BCUT2D eigenvalue weighted by atomic mass is 35.5. The molecular weight excluding hydrogens is 401 g/mol. The van der Waals surface area contributed by atoms with Crippen LogP contribution in [0.1, 0.15) is 16.5 Å². The molecule has 1 aromatic carbocycles. The van der Waals surface area contributed by atoms with Crippen LogP contribution in [-0.4, -0.2) is 41.9 Å². The van der Waals surface area contributed by atoms with E-state index in [9.17, 15) is 4.79 Å². The first-order chi connectivity index (χ1) is 11.1. The maximum Gasteiger partial charge on any atom is 0.244 e. The van der Waals surface area contributed by atoms with Gasteiger partial charge in [0.25, 0.3) is 0 Å². The van der Waals surface area contributed by atoms with Gasteiger partial charge >= 0.3 is 0 Å². The second-order valence-electron chi connectivity index (χ2n) is 5.70. The lowest BCUT2D eigenvalue weighted by atomic mass is 10.1. The fraction of sp³-hybridized carbons (Fsp3) is 0.353. The minimum absolute atomic E-state index is 0. The van der Waals surface area contributed by atoms with Crippen LogP contribution >= 0.6 is 47.8 Å². The molecule has 25 heavy (non-hydrogen) atoms. The van der Waals surface area contributed by atoms with Crippen LogP contribution in [0.2, 0.25) is 4.34 Å². The SMILES string of the molecule is Cl.Cl.NC(C(=O)N1CCN(Cc2ccc(Cl)s2)CC1)c1ccccc1. The Morgan fingerprint density at radius 1 is 1.08 bits per heavy atom. The Bertz CT molecular complexity index is 660. The number of thiophene rings is 1. The van der Waals surface area contributed by atoms with Crippen LogP contribution < -0.4 is 5.73 Å². The molecule has 1 amide bonds. The van der Waals surface area contributed by atoms with Crippen LogP contribution in [0.4, 0.5) is 0 Å². The van der Waals surface area contributed by atoms with E-state index in [4.69, 9.17) is 17.3 Å². The van der Waals surface area contributed by atoms with Gasteiger partial charge in [0.15, 0.2) is 0 Å². The standard InChI is InChI=1S/C17H20ClN3OS.2ClH/c18-15-7-6-14(23-15)12-20-8-10-21(11-9-20)17(22)16(19)13-4-2-1-3-5-13;;/h1-7,16H,8-12,19H2;2*1H. The normalized spacial score (nSPS) is 15.8. The van der Waals surface area contributed by atoms with Gasteiger partial charge in [-0.25, -0.2) is 0 Å². The predicted octanol–water partition coefficient (Wildman–Crippen LogP) is 3.59. The summed E-state index contributed by atoms with van der Waals surface area (Å²) in [6, 6.07) is 13.0. The van der Waals surface area contributed by atoms with Crippen LogP contribution in [0.5, 0.6) is 0 Å². The number of nitrogens with two attached hydrogens (primary N) is 1. The number of benzene rings is 1. The highest BCUT2D eigenvalue weighted by Crippen LogP contribution is 2.23. The molecule has 0 spiro atoms. The second-order valence-corrected chi connectivity index (χ2v) is 7.50. The van der Waals surface area contributed by atoms with Crippen LogP contribution in [0.15, 0.2) is 42.5 Å². The van der Waals surface area contributed by atoms with Crippen molar-refractivity contribution in [3.63, 3.8) is 0 Å². The van der Waals surface area contributed by atoms with E-state index in [-0.39, 0.29) is 30.7 Å². The summed E-state index contributed by atoms with van der Waals surface area (Å²) in [6.07, 6.45) is 0. The molecule has 2 aromatic rings. The molecule has 1 aromatic heterocycles. The monoisotopic (exact) mass is 421 g/mol. The average Bonchev–Trinajstić information content (AvgIpc) is 3.00. The molecule has 1 saturated heterocycles. The largest absolute Gasteiger partial charge is 0.338 e. The van der Waals surface area contributed by atoms with Crippen molar-refractivity contribution in [1.82, 2.24) is 9.80 Å². The van der Waals surface area contributed by atoms with Crippen molar-refractivity contribution >= 4 is 53.7 Å². The van der Waals surface area contributed by atoms with E-state index in [1.54, 1.807) is 11.3 Å². The third-order valence-electron chi connectivity index (χ3n) is 4.12. The van der Waals surface area contributed by atoms with Crippen molar-refractivity contribution < 1.29 is 4.79 Å². The fourth-order valence-corrected chi connectivity index (χ4v) is 3.91. The topological polar surface area (TPSA) is 49.6 Å². The van der Waals surface area contributed by atoms with Gasteiger partial charge in [0.05, 0.1) is 4.34 Å². The van der Waals surface area contributed by atoms with E-state index in [2.05, 4.69) is 11.0 Å². The number of amides is 1. The maximum absolute atomic E-state index is 12.5. The third-order valence-corrected chi connectivity index (χ3v) is 5.33. The van der Waals surface area contributed by atoms with Gasteiger partial charge < -0.3 is 10.6 Å². The average molecular weight is 423 g/mol. The molecule has 0 radical (unpaired) electrons. The Hall–Kier alpha value is -0.820. The van der Waals surface area contributed by atoms with Gasteiger partial charge in [-0.15, -0.1) is 36.2 Å². The first kappa shape index (κ1) is 22.2. The number of hydrogen-bond acceptors (Lipinski definition) is 4. The maximum atomic E-state index is 12.5. The molecule has 1 fully saturated rings. The molecule has 2 heterocycles. The molecular formula is C17H22Cl3N3OS. The molecule has 8 heteroatoms. The summed E-state index contributed by atoms with van der Waals surface area (Å²) >= 11 is 7.58. The Labute approximate surface area is 169 Å². The lowest BCUT2D eigenvalue weighted by Gasteiger charge is -2.35. The Morgan fingerprint density at radius 3 is 2.28 bits per heavy atom. The smallest absolute Gasteiger partial charge is 0.244 e. The highest BCUT2D eigenvalue weighted by molar-refractivity contribution is 7.16. The van der Waals surface area contributed by atoms with E-state index in [0.717, 1.165) is 42.6 Å². The molecule has 1 atom stereocenters. The minimum Gasteiger partial charge on any atom is -0.338 e. The van der Waals surface area contributed by atoms with Crippen molar-refractivity contribution in [3.8, 4) is 0 Å². The summed E-state index contributed by atoms with van der Waals surface area (Å²) in [4.78, 5) is 18.0. The van der Waals surface area contributed by atoms with Crippen molar-refractivity contribution in [2.45, 2.75) is 12.6 Å². The van der Waals surface area contributed by atoms with E-state index in [1.165, 1.54) is 4.88 Å². The molecule has 4 nitrogen and oxygen atoms in total. The van der Waals surface area contributed by atoms with Gasteiger partial charge in [0.1, 0.15) is 6.04 Å². The number of carbonyl (C=O) groups excluding carboxylic acids is 1. The first-order valence-electron chi connectivity index (χ1n) is 7.69. The summed E-state index contributed by atoms with van der Waals surface area (Å²) in [5, 5.41) is 0. The van der Waals surface area contributed by atoms with E-state index < -0.39 is 6.04 Å². The lowest BCUT2D eigenvalue weighted by Crippen LogP contribution is -2.50. The Kier molecular flexibility index (Phi) is 9.21.